The van der Waals surface area contributed by atoms with Crippen LogP contribution in [0.25, 0.3) is 11.0 Å². The van der Waals surface area contributed by atoms with Gasteiger partial charge in [-0.05, 0) is 56.1 Å². The van der Waals surface area contributed by atoms with Gasteiger partial charge in [0.2, 0.25) is 0 Å². The first-order valence-corrected chi connectivity index (χ1v) is 11.6. The maximum atomic E-state index is 13.2. The van der Waals surface area contributed by atoms with Crippen molar-refractivity contribution in [1.82, 2.24) is 4.90 Å². The Morgan fingerprint density at radius 3 is 2.77 bits per heavy atom. The molecule has 1 aromatic heterocycles. The van der Waals surface area contributed by atoms with Gasteiger partial charge in [0, 0.05) is 48.9 Å². The molecule has 2 fully saturated rings. The molecule has 0 saturated carbocycles. The van der Waals surface area contributed by atoms with E-state index in [4.69, 9.17) is 4.42 Å². The summed E-state index contributed by atoms with van der Waals surface area (Å²) >= 11 is 0. The van der Waals surface area contributed by atoms with Gasteiger partial charge in [0.1, 0.15) is 11.3 Å². The summed E-state index contributed by atoms with van der Waals surface area (Å²) < 4.78 is 6.02. The largest absolute Gasteiger partial charge is 0.460 e. The number of nitrogens with one attached hydrogen (secondary N) is 1. The average Bonchev–Trinajstić information content (AvgIpc) is 3.41. The first kappa shape index (κ1) is 20.1. The van der Waals surface area contributed by atoms with E-state index in [-0.39, 0.29) is 5.91 Å². The number of hydrogen-bond acceptors (Lipinski definition) is 4. The topological polar surface area (TPSA) is 48.7 Å². The van der Waals surface area contributed by atoms with Crippen molar-refractivity contribution in [2.75, 3.05) is 36.4 Å². The molecular formula is C26H31N3O2. The number of unbranched alkanes of at least 4 members (excludes halogenated alkanes) is 1. The molecule has 1 unspecified atom stereocenters. The molecule has 31 heavy (non-hydrogen) atoms. The van der Waals surface area contributed by atoms with E-state index < -0.39 is 0 Å². The van der Waals surface area contributed by atoms with Crippen molar-refractivity contribution in [3.8, 4) is 0 Å². The van der Waals surface area contributed by atoms with Crippen LogP contribution in [-0.2, 0) is 6.42 Å². The van der Waals surface area contributed by atoms with E-state index in [0.29, 0.717) is 11.6 Å². The molecule has 3 heterocycles. The molecule has 2 saturated heterocycles. The minimum atomic E-state index is -0.0941. The van der Waals surface area contributed by atoms with Gasteiger partial charge in [-0.1, -0.05) is 31.5 Å². The van der Waals surface area contributed by atoms with Crippen LogP contribution in [-0.4, -0.2) is 43.0 Å². The Morgan fingerprint density at radius 2 is 1.94 bits per heavy atom. The Hall–Kier alpha value is -2.79. The molecule has 2 aromatic carbocycles. The minimum absolute atomic E-state index is 0.0941. The van der Waals surface area contributed by atoms with Crippen LogP contribution in [0.1, 0.15) is 48.7 Å². The first-order valence-electron chi connectivity index (χ1n) is 11.6. The quantitative estimate of drug-likeness (QED) is 0.590. The van der Waals surface area contributed by atoms with Crippen molar-refractivity contribution in [1.29, 1.82) is 0 Å². The normalized spacial score (nSPS) is 19.0. The van der Waals surface area contributed by atoms with Crippen LogP contribution in [0.5, 0.6) is 0 Å². The van der Waals surface area contributed by atoms with Gasteiger partial charge >= 0.3 is 0 Å². The number of anilines is 2. The number of para-hydroxylation sites is 1. The zero-order chi connectivity index (χ0) is 21.2. The van der Waals surface area contributed by atoms with Crippen molar-refractivity contribution in [3.63, 3.8) is 0 Å². The van der Waals surface area contributed by atoms with Crippen LogP contribution >= 0.6 is 0 Å². The van der Waals surface area contributed by atoms with Crippen molar-refractivity contribution in [2.45, 2.75) is 45.1 Å². The second kappa shape index (κ2) is 8.75. The number of aryl methyl sites for hydroxylation is 1. The molecular weight excluding hydrogens is 386 g/mol. The maximum Gasteiger partial charge on any atom is 0.259 e. The molecule has 0 radical (unpaired) electrons. The van der Waals surface area contributed by atoms with Gasteiger partial charge in [0.05, 0.1) is 5.56 Å². The molecule has 0 spiro atoms. The van der Waals surface area contributed by atoms with Crippen LogP contribution in [0, 0.1) is 0 Å². The summed E-state index contributed by atoms with van der Waals surface area (Å²) in [6.45, 7) is 6.73. The molecule has 5 nitrogen and oxygen atoms in total. The van der Waals surface area contributed by atoms with Crippen LogP contribution < -0.4 is 10.2 Å². The highest BCUT2D eigenvalue weighted by molar-refractivity contribution is 6.13. The van der Waals surface area contributed by atoms with Crippen molar-refractivity contribution in [2.24, 2.45) is 0 Å². The molecule has 5 rings (SSSR count). The predicted molar refractivity (Wildman–Crippen MR) is 126 cm³/mol. The number of benzene rings is 2. The Kier molecular flexibility index (Phi) is 5.68. The molecule has 0 aliphatic carbocycles. The SMILES string of the molecule is CCCCc1oc2ccccc2c1C(=O)Nc1ccc(N2CCN3CCCC3C2)cc1. The fourth-order valence-electron chi connectivity index (χ4n) is 5.03. The molecule has 2 aliphatic rings. The zero-order valence-corrected chi connectivity index (χ0v) is 18.3. The van der Waals surface area contributed by atoms with Gasteiger partial charge in [-0.2, -0.15) is 0 Å². The second-order valence-corrected chi connectivity index (χ2v) is 8.78. The summed E-state index contributed by atoms with van der Waals surface area (Å²) in [4.78, 5) is 18.3. The molecule has 3 aromatic rings. The van der Waals surface area contributed by atoms with Crippen LogP contribution in [0.3, 0.4) is 0 Å². The Morgan fingerprint density at radius 1 is 1.10 bits per heavy atom. The van der Waals surface area contributed by atoms with E-state index in [2.05, 4.69) is 34.2 Å². The minimum Gasteiger partial charge on any atom is -0.460 e. The lowest BCUT2D eigenvalue weighted by molar-refractivity contribution is 0.102. The highest BCUT2D eigenvalue weighted by Crippen LogP contribution is 2.29. The lowest BCUT2D eigenvalue weighted by Crippen LogP contribution is -2.50. The third-order valence-corrected chi connectivity index (χ3v) is 6.73. The second-order valence-electron chi connectivity index (χ2n) is 8.78. The van der Waals surface area contributed by atoms with Crippen molar-refractivity contribution in [3.05, 3.63) is 59.9 Å². The molecule has 5 heteroatoms. The lowest BCUT2D eigenvalue weighted by Gasteiger charge is -2.38. The highest BCUT2D eigenvalue weighted by atomic mass is 16.3. The number of nitrogens with zero attached hydrogens (tertiary/aromatic N) is 2. The summed E-state index contributed by atoms with van der Waals surface area (Å²) in [7, 11) is 0. The Bertz CT molecular complexity index is 1060. The van der Waals surface area contributed by atoms with Gasteiger partial charge in [-0.15, -0.1) is 0 Å². The van der Waals surface area contributed by atoms with Crippen LogP contribution in [0.4, 0.5) is 11.4 Å². The third-order valence-electron chi connectivity index (χ3n) is 6.73. The van der Waals surface area contributed by atoms with Crippen molar-refractivity contribution >= 4 is 28.3 Å². The van der Waals surface area contributed by atoms with E-state index in [0.717, 1.165) is 61.3 Å². The number of rotatable bonds is 6. The summed E-state index contributed by atoms with van der Waals surface area (Å²) in [5.74, 6) is 0.690. The molecule has 1 N–H and O–H groups in total. The molecule has 2 aliphatic heterocycles. The molecule has 162 valence electrons. The number of hydrogen-bond donors (Lipinski definition) is 1. The number of carbonyl (C=O) groups is 1. The zero-order valence-electron chi connectivity index (χ0n) is 18.3. The fraction of sp³-hybridized carbons (Fsp3) is 0.423. The lowest BCUT2D eigenvalue weighted by atomic mass is 10.1. The first-order chi connectivity index (χ1) is 15.2. The fourth-order valence-corrected chi connectivity index (χ4v) is 5.03. The summed E-state index contributed by atoms with van der Waals surface area (Å²) in [6.07, 6.45) is 5.48. The average molecular weight is 418 g/mol. The molecule has 1 amide bonds. The Balaban J connectivity index is 1.32. The Labute approximate surface area is 184 Å². The number of furan rings is 1. The number of carbonyl (C=O) groups excluding carboxylic acids is 1. The van der Waals surface area contributed by atoms with Gasteiger partial charge in [-0.25, -0.2) is 0 Å². The van der Waals surface area contributed by atoms with Gasteiger partial charge < -0.3 is 14.6 Å². The van der Waals surface area contributed by atoms with Gasteiger partial charge in [0.15, 0.2) is 0 Å². The number of fused-ring (bicyclic) bond motifs is 2. The monoisotopic (exact) mass is 417 g/mol. The number of amides is 1. The summed E-state index contributed by atoms with van der Waals surface area (Å²) in [5, 5.41) is 3.98. The van der Waals surface area contributed by atoms with E-state index in [1.165, 1.54) is 25.1 Å². The van der Waals surface area contributed by atoms with Gasteiger partial charge in [0.25, 0.3) is 5.91 Å². The molecule has 0 bridgehead atoms. The predicted octanol–water partition coefficient (Wildman–Crippen LogP) is 5.31. The summed E-state index contributed by atoms with van der Waals surface area (Å²) in [6, 6.07) is 16.8. The third kappa shape index (κ3) is 4.07. The summed E-state index contributed by atoms with van der Waals surface area (Å²) in [5.41, 5.74) is 3.51. The van der Waals surface area contributed by atoms with Crippen molar-refractivity contribution < 1.29 is 9.21 Å². The number of piperazine rings is 1. The van der Waals surface area contributed by atoms with Crippen LogP contribution in [0.2, 0.25) is 0 Å². The van der Waals surface area contributed by atoms with E-state index in [1.807, 2.05) is 36.4 Å². The molecule has 1 atom stereocenters. The smallest absolute Gasteiger partial charge is 0.259 e. The van der Waals surface area contributed by atoms with E-state index in [1.54, 1.807) is 0 Å². The standard InChI is InChI=1S/C26H31N3O2/c1-2-3-9-24-25(22-8-4-5-10-23(22)31-24)26(30)27-19-11-13-20(14-12-19)29-17-16-28-15-6-7-21(28)18-29/h4-5,8,10-14,21H,2-3,6-7,9,15-18H2,1H3,(H,27,30). The van der Waals surface area contributed by atoms with E-state index >= 15 is 0 Å². The highest BCUT2D eigenvalue weighted by Gasteiger charge is 2.30. The maximum absolute atomic E-state index is 13.2. The van der Waals surface area contributed by atoms with Gasteiger partial charge in [-0.3, -0.25) is 9.69 Å². The van der Waals surface area contributed by atoms with Crippen LogP contribution in [0.15, 0.2) is 52.9 Å². The van der Waals surface area contributed by atoms with E-state index in [9.17, 15) is 4.79 Å².